The van der Waals surface area contributed by atoms with Crippen LogP contribution in [0, 0.1) is 5.92 Å². The molecule has 2 aromatic heterocycles. The normalized spacial score (nSPS) is 13.6. The third-order valence-corrected chi connectivity index (χ3v) is 5.31. The Morgan fingerprint density at radius 3 is 2.63 bits per heavy atom. The first-order valence-corrected chi connectivity index (χ1v) is 10.9. The molecule has 0 fully saturated rings. The summed E-state index contributed by atoms with van der Waals surface area (Å²) in [4.78, 5) is 9.72. The van der Waals surface area contributed by atoms with Crippen LogP contribution in [0.4, 0.5) is 5.69 Å². The average molecular weight is 431 g/mol. The molecule has 0 radical (unpaired) electrons. The molecule has 30 heavy (non-hydrogen) atoms. The molecule has 0 aliphatic carbocycles. The Kier molecular flexibility index (Phi) is 7.15. The largest absolute Gasteiger partial charge is 0.394 e. The van der Waals surface area contributed by atoms with Gasteiger partial charge in [-0.15, -0.1) is 0 Å². The van der Waals surface area contributed by atoms with Gasteiger partial charge in [-0.3, -0.25) is 10.5 Å². The number of aromatic amines is 1. The lowest BCUT2D eigenvalue weighted by Gasteiger charge is -2.19. The predicted molar refractivity (Wildman–Crippen MR) is 122 cm³/mol. The molecule has 3 rings (SSSR count). The Hall–Kier alpha value is -2.38. The van der Waals surface area contributed by atoms with Crippen LogP contribution < -0.4 is 11.0 Å². The van der Waals surface area contributed by atoms with Crippen LogP contribution in [0.25, 0.3) is 11.0 Å². The monoisotopic (exact) mass is 430 g/mol. The van der Waals surface area contributed by atoms with E-state index in [2.05, 4.69) is 36.4 Å². The van der Waals surface area contributed by atoms with Gasteiger partial charge in [-0.2, -0.15) is 5.10 Å². The van der Waals surface area contributed by atoms with E-state index in [1.165, 1.54) is 0 Å². The molecule has 8 heteroatoms. The van der Waals surface area contributed by atoms with Crippen molar-refractivity contribution < 1.29 is 5.11 Å². The van der Waals surface area contributed by atoms with E-state index in [9.17, 15) is 5.11 Å². The molecule has 0 aliphatic heterocycles. The standard InChI is InChI=1S/C22H31ClN6O/c1-6-8-18-20-21(19(14(4)5)26-27-20)25-22(24-17(12-30)13(2)3)29(18)28-16-10-7-9-15(23)11-16/h7,9-11,13-14,17,27-28,30H,6,8,12H2,1-5H3. The minimum Gasteiger partial charge on any atom is -0.394 e. The summed E-state index contributed by atoms with van der Waals surface area (Å²) in [5.41, 5.74) is 8.42. The topological polar surface area (TPSA) is 91.1 Å². The molecular formula is C22H31ClN6O. The second-order valence-electron chi connectivity index (χ2n) is 8.18. The number of halogens is 1. The Labute approximate surface area is 182 Å². The quantitative estimate of drug-likeness (QED) is 0.497. The lowest BCUT2D eigenvalue weighted by Crippen LogP contribution is -2.36. The predicted octanol–water partition coefficient (Wildman–Crippen LogP) is 4.28. The SMILES string of the molecule is CCCc1c2[nH]nc(C(C)C)c2nc(=NC(CO)C(C)C)n1Nc1cccc(Cl)c1. The van der Waals surface area contributed by atoms with E-state index in [0.717, 1.165) is 41.0 Å². The van der Waals surface area contributed by atoms with Crippen LogP contribution in [0.2, 0.25) is 5.02 Å². The van der Waals surface area contributed by atoms with Crippen LogP contribution in [0.3, 0.4) is 0 Å². The van der Waals surface area contributed by atoms with Crippen LogP contribution >= 0.6 is 11.6 Å². The summed E-state index contributed by atoms with van der Waals surface area (Å²) >= 11 is 6.20. The zero-order valence-electron chi connectivity index (χ0n) is 18.3. The summed E-state index contributed by atoms with van der Waals surface area (Å²) in [5, 5.41) is 18.2. The smallest absolute Gasteiger partial charge is 0.245 e. The van der Waals surface area contributed by atoms with E-state index in [0.29, 0.717) is 10.6 Å². The van der Waals surface area contributed by atoms with E-state index in [1.807, 2.05) is 42.8 Å². The highest BCUT2D eigenvalue weighted by Crippen LogP contribution is 2.24. The number of nitrogens with one attached hydrogen (secondary N) is 2. The molecule has 3 N–H and O–H groups in total. The second-order valence-corrected chi connectivity index (χ2v) is 8.61. The number of hydrogen-bond acceptors (Lipinski definition) is 5. The number of aliphatic hydroxyl groups excluding tert-OH is 1. The van der Waals surface area contributed by atoms with Crippen molar-refractivity contribution in [3.63, 3.8) is 0 Å². The fraction of sp³-hybridized carbons (Fsp3) is 0.500. The highest BCUT2D eigenvalue weighted by Gasteiger charge is 2.19. The van der Waals surface area contributed by atoms with Gasteiger partial charge in [0.1, 0.15) is 11.0 Å². The van der Waals surface area contributed by atoms with Crippen molar-refractivity contribution in [2.24, 2.45) is 10.9 Å². The molecule has 0 bridgehead atoms. The maximum atomic E-state index is 9.88. The Bertz CT molecular complexity index is 1070. The van der Waals surface area contributed by atoms with Gasteiger partial charge in [-0.25, -0.2) is 14.7 Å². The maximum absolute atomic E-state index is 9.88. The van der Waals surface area contributed by atoms with Crippen molar-refractivity contribution in [2.75, 3.05) is 12.0 Å². The number of H-pyrrole nitrogens is 1. The van der Waals surface area contributed by atoms with Crippen LogP contribution in [0.15, 0.2) is 29.3 Å². The minimum absolute atomic E-state index is 0.0416. The maximum Gasteiger partial charge on any atom is 0.245 e. The summed E-state index contributed by atoms with van der Waals surface area (Å²) in [5.74, 6) is 0.403. The number of anilines is 1. The first-order valence-electron chi connectivity index (χ1n) is 10.5. The molecule has 7 nitrogen and oxygen atoms in total. The van der Waals surface area contributed by atoms with Gasteiger partial charge in [-0.05, 0) is 36.5 Å². The molecule has 1 aromatic carbocycles. The van der Waals surface area contributed by atoms with Crippen molar-refractivity contribution in [2.45, 2.75) is 59.4 Å². The van der Waals surface area contributed by atoms with Gasteiger partial charge in [0.25, 0.3) is 0 Å². The van der Waals surface area contributed by atoms with Crippen molar-refractivity contribution in [3.8, 4) is 0 Å². The number of rotatable bonds is 8. The summed E-state index contributed by atoms with van der Waals surface area (Å²) in [6, 6.07) is 7.27. The van der Waals surface area contributed by atoms with Gasteiger partial charge in [0.05, 0.1) is 29.7 Å². The Morgan fingerprint density at radius 2 is 2.03 bits per heavy atom. The number of aromatic nitrogens is 4. The highest BCUT2D eigenvalue weighted by atomic mass is 35.5. The fourth-order valence-electron chi connectivity index (χ4n) is 3.36. The van der Waals surface area contributed by atoms with Crippen LogP contribution in [0.5, 0.6) is 0 Å². The zero-order valence-corrected chi connectivity index (χ0v) is 19.0. The molecule has 2 heterocycles. The zero-order chi connectivity index (χ0) is 21.8. The molecule has 3 aromatic rings. The minimum atomic E-state index is -0.258. The number of aryl methyl sites for hydroxylation is 1. The first kappa shape index (κ1) is 22.3. The van der Waals surface area contributed by atoms with Crippen LogP contribution in [0.1, 0.15) is 58.3 Å². The third kappa shape index (κ3) is 4.68. The molecule has 0 saturated carbocycles. The van der Waals surface area contributed by atoms with Gasteiger partial charge < -0.3 is 5.11 Å². The number of fused-ring (bicyclic) bond motifs is 1. The van der Waals surface area contributed by atoms with Crippen LogP contribution in [-0.4, -0.2) is 37.6 Å². The molecule has 1 unspecified atom stereocenters. The molecule has 0 aliphatic rings. The van der Waals surface area contributed by atoms with Crippen molar-refractivity contribution >= 4 is 28.3 Å². The molecule has 162 valence electrons. The summed E-state index contributed by atoms with van der Waals surface area (Å²) in [6.07, 6.45) is 1.75. The summed E-state index contributed by atoms with van der Waals surface area (Å²) in [7, 11) is 0. The van der Waals surface area contributed by atoms with Crippen LogP contribution in [-0.2, 0) is 6.42 Å². The lowest BCUT2D eigenvalue weighted by molar-refractivity contribution is 0.236. The second kappa shape index (κ2) is 9.62. The number of benzene rings is 1. The van der Waals surface area contributed by atoms with Crippen molar-refractivity contribution in [3.05, 3.63) is 46.3 Å². The van der Waals surface area contributed by atoms with Gasteiger partial charge in [0.2, 0.25) is 5.62 Å². The molecule has 0 saturated heterocycles. The number of hydrogen-bond donors (Lipinski definition) is 3. The van der Waals surface area contributed by atoms with E-state index < -0.39 is 0 Å². The van der Waals surface area contributed by atoms with Gasteiger partial charge in [0, 0.05) is 5.02 Å². The Balaban J connectivity index is 2.32. The molecule has 0 spiro atoms. The van der Waals surface area contributed by atoms with Gasteiger partial charge in [-0.1, -0.05) is 58.7 Å². The van der Waals surface area contributed by atoms with Crippen molar-refractivity contribution in [1.29, 1.82) is 0 Å². The van der Waals surface area contributed by atoms with E-state index in [1.54, 1.807) is 0 Å². The summed E-state index contributed by atoms with van der Waals surface area (Å²) in [6.45, 7) is 10.4. The van der Waals surface area contributed by atoms with Gasteiger partial charge in [0.15, 0.2) is 0 Å². The van der Waals surface area contributed by atoms with E-state index >= 15 is 0 Å². The number of nitrogens with zero attached hydrogens (tertiary/aromatic N) is 4. The van der Waals surface area contributed by atoms with Gasteiger partial charge >= 0.3 is 0 Å². The first-order chi connectivity index (χ1) is 14.3. The fourth-order valence-corrected chi connectivity index (χ4v) is 3.55. The number of aliphatic hydroxyl groups is 1. The van der Waals surface area contributed by atoms with Crippen molar-refractivity contribution in [1.82, 2.24) is 19.9 Å². The lowest BCUT2D eigenvalue weighted by atomic mass is 10.1. The van der Waals surface area contributed by atoms with E-state index in [4.69, 9.17) is 21.6 Å². The highest BCUT2D eigenvalue weighted by molar-refractivity contribution is 6.30. The molecule has 1 atom stereocenters. The summed E-state index contributed by atoms with van der Waals surface area (Å²) < 4.78 is 1.89. The molecule has 0 amide bonds. The molecular weight excluding hydrogens is 400 g/mol. The Morgan fingerprint density at radius 1 is 1.27 bits per heavy atom. The average Bonchev–Trinajstić information content (AvgIpc) is 3.12. The third-order valence-electron chi connectivity index (χ3n) is 5.07. The van der Waals surface area contributed by atoms with E-state index in [-0.39, 0.29) is 24.5 Å².